The molecule has 0 bridgehead atoms. The van der Waals surface area contributed by atoms with Crippen molar-refractivity contribution < 1.29 is 0 Å². The molecule has 1 aliphatic rings. The van der Waals surface area contributed by atoms with Gasteiger partial charge in [0.1, 0.15) is 10.8 Å². The molecule has 0 aliphatic carbocycles. The van der Waals surface area contributed by atoms with E-state index in [0.717, 1.165) is 6.54 Å². The molecule has 1 saturated heterocycles. The van der Waals surface area contributed by atoms with Crippen LogP contribution in [0.4, 0.5) is 10.8 Å². The van der Waals surface area contributed by atoms with E-state index in [-0.39, 0.29) is 0 Å². The molecule has 78 valence electrons. The van der Waals surface area contributed by atoms with Gasteiger partial charge in [0.05, 0.1) is 0 Å². The molecule has 1 unspecified atom stereocenters. The molecular formula is C9H15N3S2. The zero-order chi connectivity index (χ0) is 9.97. The Hall–Kier alpha value is -0.420. The minimum absolute atomic E-state index is 0.616. The first-order valence-electron chi connectivity index (χ1n) is 4.84. The highest BCUT2D eigenvalue weighted by Crippen LogP contribution is 2.28. The van der Waals surface area contributed by atoms with E-state index in [4.69, 9.17) is 5.73 Å². The van der Waals surface area contributed by atoms with Crippen molar-refractivity contribution in [3.8, 4) is 0 Å². The van der Waals surface area contributed by atoms with Crippen molar-refractivity contribution in [3.05, 3.63) is 6.07 Å². The van der Waals surface area contributed by atoms with Gasteiger partial charge in [-0.25, -0.2) is 0 Å². The van der Waals surface area contributed by atoms with Crippen molar-refractivity contribution in [2.24, 2.45) is 0 Å². The molecule has 5 heteroatoms. The number of hydrogen-bond donors (Lipinski definition) is 1. The molecule has 1 fully saturated rings. The number of anilines is 2. The molecule has 1 atom stereocenters. The van der Waals surface area contributed by atoms with Crippen LogP contribution in [0.5, 0.6) is 0 Å². The van der Waals surface area contributed by atoms with Gasteiger partial charge in [-0.15, -0.1) is 0 Å². The average Bonchev–Trinajstić information content (AvgIpc) is 2.46. The quantitative estimate of drug-likeness (QED) is 0.800. The molecule has 2 heterocycles. The Labute approximate surface area is 92.8 Å². The van der Waals surface area contributed by atoms with Gasteiger partial charge in [-0.05, 0) is 30.6 Å². The largest absolute Gasteiger partial charge is 0.383 e. The summed E-state index contributed by atoms with van der Waals surface area (Å²) in [6, 6.07) is 2.60. The van der Waals surface area contributed by atoms with Gasteiger partial charge in [-0.2, -0.15) is 16.1 Å². The van der Waals surface area contributed by atoms with Gasteiger partial charge in [-0.1, -0.05) is 0 Å². The van der Waals surface area contributed by atoms with E-state index < -0.39 is 0 Å². The topological polar surface area (TPSA) is 42.1 Å². The van der Waals surface area contributed by atoms with Crippen molar-refractivity contribution >= 4 is 34.1 Å². The molecule has 0 amide bonds. The van der Waals surface area contributed by atoms with Crippen LogP contribution in [-0.2, 0) is 0 Å². The van der Waals surface area contributed by atoms with Gasteiger partial charge < -0.3 is 10.6 Å². The zero-order valence-electron chi connectivity index (χ0n) is 8.27. The summed E-state index contributed by atoms with van der Waals surface area (Å²) in [5.74, 6) is 3.13. The number of nitrogen functional groups attached to an aromatic ring is 1. The first-order valence-corrected chi connectivity index (χ1v) is 6.77. The Bertz CT molecular complexity index is 300. The van der Waals surface area contributed by atoms with Gasteiger partial charge in [0.2, 0.25) is 0 Å². The molecule has 0 radical (unpaired) electrons. The second kappa shape index (κ2) is 4.40. The van der Waals surface area contributed by atoms with Crippen LogP contribution in [0.1, 0.15) is 13.3 Å². The summed E-state index contributed by atoms with van der Waals surface area (Å²) in [6.07, 6.45) is 1.25. The van der Waals surface area contributed by atoms with E-state index in [1.165, 1.54) is 34.5 Å². The second-order valence-electron chi connectivity index (χ2n) is 3.53. The summed E-state index contributed by atoms with van der Waals surface area (Å²) in [6.45, 7) is 3.40. The maximum absolute atomic E-state index is 5.64. The van der Waals surface area contributed by atoms with Gasteiger partial charge in [0.15, 0.2) is 0 Å². The Morgan fingerprint density at radius 2 is 2.43 bits per heavy atom. The molecule has 1 aromatic rings. The maximum atomic E-state index is 5.64. The first kappa shape index (κ1) is 10.1. The van der Waals surface area contributed by atoms with E-state index in [1.807, 2.05) is 17.8 Å². The van der Waals surface area contributed by atoms with Crippen molar-refractivity contribution in [2.75, 3.05) is 28.7 Å². The molecule has 14 heavy (non-hydrogen) atoms. The van der Waals surface area contributed by atoms with E-state index in [0.29, 0.717) is 11.9 Å². The first-order chi connectivity index (χ1) is 6.77. The number of rotatable bonds is 1. The number of hydrogen-bond acceptors (Lipinski definition) is 5. The van der Waals surface area contributed by atoms with Crippen LogP contribution >= 0.6 is 23.3 Å². The third-order valence-corrected chi connectivity index (χ3v) is 4.32. The normalized spacial score (nSPS) is 23.5. The predicted molar refractivity (Wildman–Crippen MR) is 65.3 cm³/mol. The molecule has 0 aromatic carbocycles. The lowest BCUT2D eigenvalue weighted by molar-refractivity contribution is 0.650. The molecule has 0 saturated carbocycles. The summed E-state index contributed by atoms with van der Waals surface area (Å²) in [5, 5.41) is 1.22. The predicted octanol–water partition coefficient (Wildman–Crippen LogP) is 2.06. The maximum Gasteiger partial charge on any atom is 0.139 e. The molecular weight excluding hydrogens is 214 g/mol. The van der Waals surface area contributed by atoms with Crippen LogP contribution in [0.2, 0.25) is 0 Å². The average molecular weight is 229 g/mol. The lowest BCUT2D eigenvalue weighted by atomic mass is 10.2. The fourth-order valence-corrected chi connectivity index (χ4v) is 3.48. The fourth-order valence-electron chi connectivity index (χ4n) is 1.64. The van der Waals surface area contributed by atoms with Crippen molar-refractivity contribution in [1.29, 1.82) is 0 Å². The van der Waals surface area contributed by atoms with Crippen LogP contribution in [0.3, 0.4) is 0 Å². The van der Waals surface area contributed by atoms with Crippen LogP contribution in [-0.4, -0.2) is 28.5 Å². The number of aromatic nitrogens is 1. The van der Waals surface area contributed by atoms with Gasteiger partial charge in [-0.3, -0.25) is 0 Å². The molecule has 1 aliphatic heterocycles. The third kappa shape index (κ3) is 2.15. The van der Waals surface area contributed by atoms with Crippen LogP contribution in [0, 0.1) is 0 Å². The summed E-state index contributed by atoms with van der Waals surface area (Å²) in [7, 11) is 0. The summed E-state index contributed by atoms with van der Waals surface area (Å²) in [5.41, 5.74) is 5.64. The summed E-state index contributed by atoms with van der Waals surface area (Å²) in [4.78, 5) is 2.42. The highest BCUT2D eigenvalue weighted by molar-refractivity contribution is 7.99. The molecule has 0 spiro atoms. The van der Waals surface area contributed by atoms with E-state index in [1.54, 1.807) is 0 Å². The Morgan fingerprint density at radius 3 is 3.14 bits per heavy atom. The van der Waals surface area contributed by atoms with Gasteiger partial charge >= 0.3 is 0 Å². The molecule has 1 aromatic heterocycles. The molecule has 3 nitrogen and oxygen atoms in total. The third-order valence-electron chi connectivity index (χ3n) is 2.49. The SMILES string of the molecule is CC1CCSCCN1c1cc(N)ns1. The highest BCUT2D eigenvalue weighted by atomic mass is 32.2. The van der Waals surface area contributed by atoms with Crippen LogP contribution in [0.15, 0.2) is 6.07 Å². The molecule has 2 N–H and O–H groups in total. The monoisotopic (exact) mass is 229 g/mol. The molecule has 2 rings (SSSR count). The van der Waals surface area contributed by atoms with E-state index >= 15 is 0 Å². The number of nitrogens with two attached hydrogens (primary N) is 1. The second-order valence-corrected chi connectivity index (χ2v) is 5.54. The number of thioether (sulfide) groups is 1. The Kier molecular flexibility index (Phi) is 3.18. The Morgan fingerprint density at radius 1 is 1.57 bits per heavy atom. The lowest BCUT2D eigenvalue weighted by Gasteiger charge is -2.26. The van der Waals surface area contributed by atoms with E-state index in [9.17, 15) is 0 Å². The van der Waals surface area contributed by atoms with Crippen molar-refractivity contribution in [2.45, 2.75) is 19.4 Å². The van der Waals surface area contributed by atoms with Gasteiger partial charge in [0.25, 0.3) is 0 Å². The van der Waals surface area contributed by atoms with Crippen molar-refractivity contribution in [1.82, 2.24) is 4.37 Å². The minimum atomic E-state index is 0.616. The smallest absolute Gasteiger partial charge is 0.139 e. The lowest BCUT2D eigenvalue weighted by Crippen LogP contribution is -2.32. The van der Waals surface area contributed by atoms with Crippen LogP contribution < -0.4 is 10.6 Å². The summed E-state index contributed by atoms with van der Waals surface area (Å²) >= 11 is 3.55. The zero-order valence-corrected chi connectivity index (χ0v) is 9.90. The standard InChI is InChI=1S/C9H15N3S2/c1-7-2-4-13-5-3-12(7)9-6-8(10)11-14-9/h6-7H,2-5H2,1H3,(H2,10,11). The highest BCUT2D eigenvalue weighted by Gasteiger charge is 2.18. The number of nitrogens with zero attached hydrogens (tertiary/aromatic N) is 2. The van der Waals surface area contributed by atoms with Gasteiger partial charge in [0, 0.05) is 24.4 Å². The minimum Gasteiger partial charge on any atom is -0.383 e. The Balaban J connectivity index is 2.14. The summed E-state index contributed by atoms with van der Waals surface area (Å²) < 4.78 is 4.13. The van der Waals surface area contributed by atoms with Crippen molar-refractivity contribution in [3.63, 3.8) is 0 Å². The van der Waals surface area contributed by atoms with E-state index in [2.05, 4.69) is 16.2 Å². The fraction of sp³-hybridized carbons (Fsp3) is 0.667. The van der Waals surface area contributed by atoms with Crippen LogP contribution in [0.25, 0.3) is 0 Å².